The maximum Gasteiger partial charge on any atom is 0.240 e. The third kappa shape index (κ3) is 5.28. The van der Waals surface area contributed by atoms with Crippen molar-refractivity contribution in [2.24, 2.45) is 5.92 Å². The zero-order chi connectivity index (χ0) is 16.2. The molecule has 6 heteroatoms. The SMILES string of the molecule is Cc1cc(S(=O)(=O)NC(C)CCCC(C)C)cc(N)c1F. The Labute approximate surface area is 127 Å². The van der Waals surface area contributed by atoms with Crippen LogP contribution in [0.2, 0.25) is 0 Å². The van der Waals surface area contributed by atoms with E-state index in [-0.39, 0.29) is 22.2 Å². The number of rotatable bonds is 7. The highest BCUT2D eigenvalue weighted by atomic mass is 32.2. The summed E-state index contributed by atoms with van der Waals surface area (Å²) in [5, 5.41) is 0. The van der Waals surface area contributed by atoms with Crippen molar-refractivity contribution in [2.45, 2.75) is 57.9 Å². The fourth-order valence-electron chi connectivity index (χ4n) is 2.14. The Morgan fingerprint density at radius 1 is 1.24 bits per heavy atom. The van der Waals surface area contributed by atoms with Crippen LogP contribution in [0.4, 0.5) is 10.1 Å². The molecule has 1 unspecified atom stereocenters. The molecule has 0 saturated carbocycles. The maximum atomic E-state index is 13.5. The quantitative estimate of drug-likeness (QED) is 0.759. The Morgan fingerprint density at radius 2 is 1.86 bits per heavy atom. The Kier molecular flexibility index (Phi) is 6.16. The number of halogens is 1. The summed E-state index contributed by atoms with van der Waals surface area (Å²) in [6.45, 7) is 7.60. The van der Waals surface area contributed by atoms with Crippen molar-refractivity contribution in [3.63, 3.8) is 0 Å². The first kappa shape index (κ1) is 17.9. The van der Waals surface area contributed by atoms with Crippen LogP contribution >= 0.6 is 0 Å². The third-order valence-corrected chi connectivity index (χ3v) is 4.91. The lowest BCUT2D eigenvalue weighted by Gasteiger charge is -2.15. The van der Waals surface area contributed by atoms with Crippen LogP contribution in [0, 0.1) is 18.7 Å². The van der Waals surface area contributed by atoms with Gasteiger partial charge in [0.25, 0.3) is 0 Å². The van der Waals surface area contributed by atoms with Crippen molar-refractivity contribution in [3.8, 4) is 0 Å². The minimum absolute atomic E-state index is 0.00890. The second-order valence-corrected chi connectivity index (χ2v) is 7.70. The Bertz CT molecular complexity index is 562. The lowest BCUT2D eigenvalue weighted by molar-refractivity contribution is 0.488. The number of anilines is 1. The van der Waals surface area contributed by atoms with Crippen molar-refractivity contribution in [1.82, 2.24) is 4.72 Å². The topological polar surface area (TPSA) is 72.2 Å². The molecule has 1 aromatic rings. The number of hydrogen-bond acceptors (Lipinski definition) is 3. The monoisotopic (exact) mass is 316 g/mol. The molecular weight excluding hydrogens is 291 g/mol. The molecular formula is C15H25FN2O2S. The summed E-state index contributed by atoms with van der Waals surface area (Å²) in [5.41, 5.74) is 5.57. The molecule has 0 amide bonds. The zero-order valence-corrected chi connectivity index (χ0v) is 13.9. The molecule has 0 heterocycles. The number of sulfonamides is 1. The Hall–Kier alpha value is -1.14. The molecule has 21 heavy (non-hydrogen) atoms. The summed E-state index contributed by atoms with van der Waals surface area (Å²) in [6, 6.07) is 2.29. The van der Waals surface area contributed by atoms with E-state index in [9.17, 15) is 12.8 Å². The minimum Gasteiger partial charge on any atom is -0.396 e. The molecule has 120 valence electrons. The van der Waals surface area contributed by atoms with E-state index in [1.165, 1.54) is 13.0 Å². The van der Waals surface area contributed by atoms with Crippen LogP contribution < -0.4 is 10.5 Å². The van der Waals surface area contributed by atoms with Crippen molar-refractivity contribution in [3.05, 3.63) is 23.5 Å². The highest BCUT2D eigenvalue weighted by Gasteiger charge is 2.19. The van der Waals surface area contributed by atoms with E-state index in [1.54, 1.807) is 0 Å². The van der Waals surface area contributed by atoms with Gasteiger partial charge in [-0.15, -0.1) is 0 Å². The van der Waals surface area contributed by atoms with Gasteiger partial charge >= 0.3 is 0 Å². The van der Waals surface area contributed by atoms with E-state index in [0.29, 0.717) is 5.92 Å². The lowest BCUT2D eigenvalue weighted by atomic mass is 10.0. The normalized spacial score (nSPS) is 13.6. The smallest absolute Gasteiger partial charge is 0.240 e. The van der Waals surface area contributed by atoms with Gasteiger partial charge in [-0.05, 0) is 43.9 Å². The molecule has 0 aliphatic carbocycles. The first-order valence-corrected chi connectivity index (χ1v) is 8.69. The highest BCUT2D eigenvalue weighted by molar-refractivity contribution is 7.89. The fraction of sp³-hybridized carbons (Fsp3) is 0.600. The summed E-state index contributed by atoms with van der Waals surface area (Å²) in [4.78, 5) is 0.00890. The Balaban J connectivity index is 2.78. The highest BCUT2D eigenvalue weighted by Crippen LogP contribution is 2.21. The van der Waals surface area contributed by atoms with Crippen LogP contribution in [0.25, 0.3) is 0 Å². The fourth-order valence-corrected chi connectivity index (χ4v) is 3.54. The number of aryl methyl sites for hydroxylation is 1. The molecule has 0 saturated heterocycles. The molecule has 1 rings (SSSR count). The van der Waals surface area contributed by atoms with E-state index in [4.69, 9.17) is 5.73 Å². The van der Waals surface area contributed by atoms with Crippen LogP contribution in [-0.2, 0) is 10.0 Å². The standard InChI is InChI=1S/C15H25FN2O2S/c1-10(2)6-5-7-12(4)18-21(19,20)13-8-11(3)15(16)14(17)9-13/h8-10,12,18H,5-7,17H2,1-4H3. The average Bonchev–Trinajstić information content (AvgIpc) is 2.34. The van der Waals surface area contributed by atoms with Gasteiger partial charge in [-0.1, -0.05) is 26.7 Å². The van der Waals surface area contributed by atoms with Crippen LogP contribution in [0.5, 0.6) is 0 Å². The second kappa shape index (κ2) is 7.22. The predicted molar refractivity (Wildman–Crippen MR) is 84.0 cm³/mol. The minimum atomic E-state index is -3.67. The van der Waals surface area contributed by atoms with E-state index < -0.39 is 15.8 Å². The second-order valence-electron chi connectivity index (χ2n) is 5.99. The van der Waals surface area contributed by atoms with Crippen LogP contribution in [0.1, 0.15) is 45.6 Å². The summed E-state index contributed by atoms with van der Waals surface area (Å²) < 4.78 is 40.6. The van der Waals surface area contributed by atoms with Gasteiger partial charge in [0.15, 0.2) is 0 Å². The lowest BCUT2D eigenvalue weighted by Crippen LogP contribution is -2.32. The first-order chi connectivity index (χ1) is 9.63. The molecule has 0 bridgehead atoms. The van der Waals surface area contributed by atoms with Gasteiger partial charge in [0.1, 0.15) is 5.82 Å². The van der Waals surface area contributed by atoms with Crippen molar-refractivity contribution in [2.75, 3.05) is 5.73 Å². The van der Waals surface area contributed by atoms with E-state index >= 15 is 0 Å². The van der Waals surface area contributed by atoms with Crippen molar-refractivity contribution in [1.29, 1.82) is 0 Å². The zero-order valence-electron chi connectivity index (χ0n) is 13.1. The van der Waals surface area contributed by atoms with Crippen molar-refractivity contribution < 1.29 is 12.8 Å². The molecule has 1 aromatic carbocycles. The van der Waals surface area contributed by atoms with Gasteiger partial charge in [0.05, 0.1) is 10.6 Å². The molecule has 1 atom stereocenters. The molecule has 0 aromatic heterocycles. The molecule has 0 radical (unpaired) electrons. The molecule has 3 N–H and O–H groups in total. The van der Waals surface area contributed by atoms with Gasteiger partial charge in [0.2, 0.25) is 10.0 Å². The van der Waals surface area contributed by atoms with Crippen molar-refractivity contribution >= 4 is 15.7 Å². The van der Waals surface area contributed by atoms with E-state index in [1.807, 2.05) is 6.92 Å². The van der Waals surface area contributed by atoms with E-state index in [0.717, 1.165) is 25.3 Å². The molecule has 4 nitrogen and oxygen atoms in total. The Morgan fingerprint density at radius 3 is 2.38 bits per heavy atom. The van der Waals surface area contributed by atoms with E-state index in [2.05, 4.69) is 18.6 Å². The van der Waals surface area contributed by atoms with Gasteiger partial charge in [-0.25, -0.2) is 17.5 Å². The molecule has 0 fully saturated rings. The van der Waals surface area contributed by atoms with Gasteiger partial charge in [-0.3, -0.25) is 0 Å². The first-order valence-electron chi connectivity index (χ1n) is 7.21. The largest absolute Gasteiger partial charge is 0.396 e. The molecule has 0 aliphatic heterocycles. The average molecular weight is 316 g/mol. The number of hydrogen-bond donors (Lipinski definition) is 2. The molecule has 0 aliphatic rings. The summed E-state index contributed by atoms with van der Waals surface area (Å²) in [6.07, 6.45) is 2.80. The van der Waals surface area contributed by atoms with Gasteiger partial charge in [0, 0.05) is 6.04 Å². The van der Waals surface area contributed by atoms with Crippen LogP contribution in [-0.4, -0.2) is 14.5 Å². The van der Waals surface area contributed by atoms with Crippen LogP contribution in [0.15, 0.2) is 17.0 Å². The van der Waals surface area contributed by atoms with Gasteiger partial charge in [-0.2, -0.15) is 0 Å². The maximum absolute atomic E-state index is 13.5. The number of benzene rings is 1. The number of nitrogen functional groups attached to an aromatic ring is 1. The summed E-state index contributed by atoms with van der Waals surface area (Å²) >= 11 is 0. The van der Waals surface area contributed by atoms with Crippen LogP contribution in [0.3, 0.4) is 0 Å². The summed E-state index contributed by atoms with van der Waals surface area (Å²) in [7, 11) is -3.67. The number of nitrogens with one attached hydrogen (secondary N) is 1. The third-order valence-electron chi connectivity index (χ3n) is 3.34. The van der Waals surface area contributed by atoms with Gasteiger partial charge < -0.3 is 5.73 Å². The summed E-state index contributed by atoms with van der Waals surface area (Å²) in [5.74, 6) is 0.0345. The predicted octanol–water partition coefficient (Wildman–Crippen LogP) is 3.21. The number of nitrogens with two attached hydrogens (primary N) is 1. The molecule has 0 spiro atoms.